The normalized spacial score (nSPS) is 16.6. The lowest BCUT2D eigenvalue weighted by atomic mass is 9.88. The van der Waals surface area contributed by atoms with Gasteiger partial charge in [0.1, 0.15) is 11.6 Å². The van der Waals surface area contributed by atoms with Gasteiger partial charge in [0.15, 0.2) is 0 Å². The Hall–Kier alpha value is -1.54. The van der Waals surface area contributed by atoms with Crippen molar-refractivity contribution in [3.63, 3.8) is 0 Å². The molecule has 1 atom stereocenters. The van der Waals surface area contributed by atoms with Crippen LogP contribution in [0.15, 0.2) is 12.3 Å². The Kier molecular flexibility index (Phi) is 5.69. The van der Waals surface area contributed by atoms with Crippen molar-refractivity contribution in [3.05, 3.63) is 22.8 Å². The fourth-order valence-electron chi connectivity index (χ4n) is 2.05. The summed E-state index contributed by atoms with van der Waals surface area (Å²) in [5, 5.41) is 5.59. The molecule has 2 N–H and O–H groups in total. The summed E-state index contributed by atoms with van der Waals surface area (Å²) in [4.78, 5) is 15.4. The van der Waals surface area contributed by atoms with Gasteiger partial charge in [0, 0.05) is 12.1 Å². The van der Waals surface area contributed by atoms with Crippen molar-refractivity contribution in [3.8, 4) is 5.88 Å². The second-order valence-corrected chi connectivity index (χ2v) is 5.76. The first-order chi connectivity index (χ1) is 10.8. The SMILES string of the molecule is CC(C(=O)NCCOc1ncc(C(F)(F)F)cc1Cl)C1CNC1. The Morgan fingerprint density at radius 2 is 2.26 bits per heavy atom. The molecule has 1 unspecified atom stereocenters. The number of ether oxygens (including phenoxy) is 1. The minimum Gasteiger partial charge on any atom is -0.475 e. The lowest BCUT2D eigenvalue weighted by Gasteiger charge is -2.31. The first-order valence-electron chi connectivity index (χ1n) is 7.13. The molecule has 1 amide bonds. The molecule has 0 aliphatic carbocycles. The third-order valence-electron chi connectivity index (χ3n) is 3.71. The largest absolute Gasteiger partial charge is 0.475 e. The zero-order valence-corrected chi connectivity index (χ0v) is 13.2. The van der Waals surface area contributed by atoms with Crippen LogP contribution in [-0.2, 0) is 11.0 Å². The number of amides is 1. The van der Waals surface area contributed by atoms with Crippen molar-refractivity contribution < 1.29 is 22.7 Å². The van der Waals surface area contributed by atoms with Crippen LogP contribution in [-0.4, -0.2) is 37.1 Å². The summed E-state index contributed by atoms with van der Waals surface area (Å²) in [5.41, 5.74) is -0.939. The van der Waals surface area contributed by atoms with Gasteiger partial charge in [-0.2, -0.15) is 13.2 Å². The monoisotopic (exact) mass is 351 g/mol. The molecule has 1 aliphatic rings. The zero-order valence-electron chi connectivity index (χ0n) is 12.4. The molecule has 9 heteroatoms. The first-order valence-corrected chi connectivity index (χ1v) is 7.51. The fraction of sp³-hybridized carbons (Fsp3) is 0.571. The van der Waals surface area contributed by atoms with Crippen molar-refractivity contribution in [2.75, 3.05) is 26.2 Å². The summed E-state index contributed by atoms with van der Waals surface area (Å²) >= 11 is 5.71. The number of hydrogen-bond donors (Lipinski definition) is 2. The molecule has 1 aromatic rings. The molecule has 5 nitrogen and oxygen atoms in total. The molecule has 23 heavy (non-hydrogen) atoms. The van der Waals surface area contributed by atoms with E-state index in [2.05, 4.69) is 15.6 Å². The fourth-order valence-corrected chi connectivity index (χ4v) is 2.27. The molecular weight excluding hydrogens is 335 g/mol. The smallest absolute Gasteiger partial charge is 0.417 e. The molecular formula is C14H17ClF3N3O2. The maximum absolute atomic E-state index is 12.5. The van der Waals surface area contributed by atoms with Gasteiger partial charge in [0.05, 0.1) is 12.1 Å². The number of pyridine rings is 1. The van der Waals surface area contributed by atoms with Gasteiger partial charge in [-0.3, -0.25) is 4.79 Å². The highest BCUT2D eigenvalue weighted by molar-refractivity contribution is 6.31. The molecule has 2 heterocycles. The quantitative estimate of drug-likeness (QED) is 0.771. The number of alkyl halides is 3. The third kappa shape index (κ3) is 4.71. The standard InChI is InChI=1S/C14H17ClF3N3O2/c1-8(9-5-19-6-9)12(22)20-2-3-23-13-11(15)4-10(7-21-13)14(16,17)18/h4,7-9,19H,2-3,5-6H2,1H3,(H,20,22). The van der Waals surface area contributed by atoms with E-state index in [9.17, 15) is 18.0 Å². The van der Waals surface area contributed by atoms with Crippen LogP contribution in [0.4, 0.5) is 13.2 Å². The van der Waals surface area contributed by atoms with E-state index in [-0.39, 0.29) is 35.9 Å². The predicted octanol–water partition coefficient (Wildman–Crippen LogP) is 2.10. The van der Waals surface area contributed by atoms with Crippen LogP contribution in [0.2, 0.25) is 5.02 Å². The summed E-state index contributed by atoms with van der Waals surface area (Å²) in [5.74, 6) is 0.0720. The number of nitrogens with one attached hydrogen (secondary N) is 2. The lowest BCUT2D eigenvalue weighted by Crippen LogP contribution is -2.50. The van der Waals surface area contributed by atoms with Crippen molar-refractivity contribution in [2.24, 2.45) is 11.8 Å². The Morgan fingerprint density at radius 1 is 1.57 bits per heavy atom. The molecule has 1 saturated heterocycles. The summed E-state index contributed by atoms with van der Waals surface area (Å²) in [6, 6.07) is 0.758. The highest BCUT2D eigenvalue weighted by atomic mass is 35.5. The number of halogens is 4. The third-order valence-corrected chi connectivity index (χ3v) is 3.98. The van der Waals surface area contributed by atoms with Crippen LogP contribution in [0.1, 0.15) is 12.5 Å². The molecule has 1 aromatic heterocycles. The highest BCUT2D eigenvalue weighted by Gasteiger charge is 2.32. The van der Waals surface area contributed by atoms with Crippen molar-refractivity contribution >= 4 is 17.5 Å². The van der Waals surface area contributed by atoms with E-state index < -0.39 is 11.7 Å². The van der Waals surface area contributed by atoms with E-state index in [0.29, 0.717) is 12.1 Å². The Morgan fingerprint density at radius 3 is 2.78 bits per heavy atom. The van der Waals surface area contributed by atoms with E-state index in [0.717, 1.165) is 19.2 Å². The molecule has 1 aliphatic heterocycles. The van der Waals surface area contributed by atoms with Crippen molar-refractivity contribution in [2.45, 2.75) is 13.1 Å². The van der Waals surface area contributed by atoms with Crippen LogP contribution in [0.3, 0.4) is 0 Å². The molecule has 1 fully saturated rings. The second-order valence-electron chi connectivity index (χ2n) is 5.36. The van der Waals surface area contributed by atoms with Gasteiger partial charge >= 0.3 is 6.18 Å². The lowest BCUT2D eigenvalue weighted by molar-refractivity contribution is -0.137. The molecule has 0 spiro atoms. The van der Waals surface area contributed by atoms with Crippen molar-refractivity contribution in [1.29, 1.82) is 0 Å². The number of rotatable bonds is 6. The number of carbonyl (C=O) groups is 1. The number of aromatic nitrogens is 1. The highest BCUT2D eigenvalue weighted by Crippen LogP contribution is 2.32. The molecule has 128 valence electrons. The van der Waals surface area contributed by atoms with Gasteiger partial charge in [-0.1, -0.05) is 18.5 Å². The Labute approximate surface area is 136 Å². The van der Waals surface area contributed by atoms with E-state index in [1.807, 2.05) is 6.92 Å². The molecule has 2 rings (SSSR count). The number of nitrogens with zero attached hydrogens (tertiary/aromatic N) is 1. The second kappa shape index (κ2) is 7.35. The van der Waals surface area contributed by atoms with Gasteiger partial charge in [0.25, 0.3) is 0 Å². The average molecular weight is 352 g/mol. The maximum atomic E-state index is 12.5. The van der Waals surface area contributed by atoms with Crippen LogP contribution >= 0.6 is 11.6 Å². The van der Waals surface area contributed by atoms with E-state index >= 15 is 0 Å². The maximum Gasteiger partial charge on any atom is 0.417 e. The summed E-state index contributed by atoms with van der Waals surface area (Å²) in [6.45, 7) is 3.81. The van der Waals surface area contributed by atoms with Gasteiger partial charge in [0.2, 0.25) is 11.8 Å². The van der Waals surface area contributed by atoms with Crippen LogP contribution in [0.25, 0.3) is 0 Å². The van der Waals surface area contributed by atoms with E-state index in [1.165, 1.54) is 0 Å². The predicted molar refractivity (Wildman–Crippen MR) is 78.3 cm³/mol. The number of carbonyl (C=O) groups excluding carboxylic acids is 1. The van der Waals surface area contributed by atoms with Crippen LogP contribution in [0, 0.1) is 11.8 Å². The summed E-state index contributed by atoms with van der Waals surface area (Å²) < 4.78 is 42.6. The van der Waals surface area contributed by atoms with Gasteiger partial charge in [-0.05, 0) is 25.1 Å². The summed E-state index contributed by atoms with van der Waals surface area (Å²) in [6.07, 6.45) is -3.85. The van der Waals surface area contributed by atoms with Gasteiger partial charge in [-0.25, -0.2) is 4.98 Å². The molecule has 0 bridgehead atoms. The van der Waals surface area contributed by atoms with Gasteiger partial charge < -0.3 is 15.4 Å². The summed E-state index contributed by atoms with van der Waals surface area (Å²) in [7, 11) is 0. The van der Waals surface area contributed by atoms with Crippen LogP contribution < -0.4 is 15.4 Å². The van der Waals surface area contributed by atoms with Gasteiger partial charge in [-0.15, -0.1) is 0 Å². The minimum absolute atomic E-state index is 0.0689. The van der Waals surface area contributed by atoms with Crippen LogP contribution in [0.5, 0.6) is 5.88 Å². The Bertz CT molecular complexity index is 565. The molecule has 0 aromatic carbocycles. The zero-order chi connectivity index (χ0) is 17.0. The number of hydrogen-bond acceptors (Lipinski definition) is 4. The molecule has 0 saturated carbocycles. The van der Waals surface area contributed by atoms with Crippen molar-refractivity contribution in [1.82, 2.24) is 15.6 Å². The topological polar surface area (TPSA) is 63.2 Å². The minimum atomic E-state index is -4.50. The van der Waals surface area contributed by atoms with E-state index in [1.54, 1.807) is 0 Å². The first kappa shape index (κ1) is 17.8. The molecule has 0 radical (unpaired) electrons. The Balaban J connectivity index is 1.77. The van der Waals surface area contributed by atoms with E-state index in [4.69, 9.17) is 16.3 Å². The average Bonchev–Trinajstić information content (AvgIpc) is 2.41.